The number of rotatable bonds is 5. The first-order chi connectivity index (χ1) is 9.60. The molecule has 0 radical (unpaired) electrons. The summed E-state index contributed by atoms with van der Waals surface area (Å²) in [6.07, 6.45) is 2.19. The third-order valence-electron chi connectivity index (χ3n) is 3.02. The summed E-state index contributed by atoms with van der Waals surface area (Å²) in [4.78, 5) is 0.176. The van der Waals surface area contributed by atoms with Gasteiger partial charge in [-0.15, -0.1) is 0 Å². The van der Waals surface area contributed by atoms with Gasteiger partial charge in [0.25, 0.3) is 0 Å². The van der Waals surface area contributed by atoms with Crippen molar-refractivity contribution in [3.8, 4) is 0 Å². The molecule has 4 heteroatoms. The fourth-order valence-electron chi connectivity index (χ4n) is 2.03. The van der Waals surface area contributed by atoms with Crippen molar-refractivity contribution in [3.05, 3.63) is 59.4 Å². The van der Waals surface area contributed by atoms with E-state index >= 15 is 0 Å². The van der Waals surface area contributed by atoms with E-state index in [1.165, 1.54) is 17.7 Å². The lowest BCUT2D eigenvalue weighted by molar-refractivity contribution is 0.628. The number of hydrogen-bond acceptors (Lipinski definition) is 2. The molecule has 3 N–H and O–H groups in total. The van der Waals surface area contributed by atoms with E-state index in [4.69, 9.17) is 18.0 Å². The van der Waals surface area contributed by atoms with Gasteiger partial charge in [-0.2, -0.15) is 0 Å². The molecule has 0 amide bonds. The van der Waals surface area contributed by atoms with Crippen molar-refractivity contribution in [1.82, 2.24) is 0 Å². The second-order valence-corrected chi connectivity index (χ2v) is 5.07. The molecule has 2 aromatic carbocycles. The standard InChI is InChI=1S/C16H17FN2S/c1-2-3-11-4-7-13(8-5-11)19-15-9-6-12(17)10-14(15)16(18)20/h4-10,19H,2-3H2,1H3,(H2,18,20). The number of halogens is 1. The van der Waals surface area contributed by atoms with E-state index in [1.807, 2.05) is 12.1 Å². The minimum Gasteiger partial charge on any atom is -0.389 e. The average molecular weight is 288 g/mol. The van der Waals surface area contributed by atoms with E-state index in [9.17, 15) is 4.39 Å². The first kappa shape index (κ1) is 14.5. The lowest BCUT2D eigenvalue weighted by Crippen LogP contribution is -2.12. The molecule has 2 nitrogen and oxygen atoms in total. The Morgan fingerprint density at radius 1 is 1.20 bits per heavy atom. The third kappa shape index (κ3) is 3.54. The highest BCUT2D eigenvalue weighted by Gasteiger charge is 2.07. The van der Waals surface area contributed by atoms with Crippen LogP contribution in [-0.4, -0.2) is 4.99 Å². The van der Waals surface area contributed by atoms with E-state index in [1.54, 1.807) is 6.07 Å². The normalized spacial score (nSPS) is 10.3. The van der Waals surface area contributed by atoms with Crippen LogP contribution in [0.25, 0.3) is 0 Å². The molecule has 0 aromatic heterocycles. The molecule has 0 aliphatic heterocycles. The Bertz CT molecular complexity index is 608. The Hall–Kier alpha value is -1.94. The van der Waals surface area contributed by atoms with Gasteiger partial charge in [0.15, 0.2) is 0 Å². The van der Waals surface area contributed by atoms with Gasteiger partial charge in [0.2, 0.25) is 0 Å². The van der Waals surface area contributed by atoms with E-state index in [-0.39, 0.29) is 10.8 Å². The van der Waals surface area contributed by atoms with Crippen LogP contribution in [0, 0.1) is 5.82 Å². The van der Waals surface area contributed by atoms with Crippen LogP contribution in [0.4, 0.5) is 15.8 Å². The molecule has 104 valence electrons. The molecule has 0 aliphatic carbocycles. The predicted octanol–water partition coefficient (Wildman–Crippen LogP) is 4.16. The lowest BCUT2D eigenvalue weighted by atomic mass is 10.1. The Labute approximate surface area is 123 Å². The maximum atomic E-state index is 13.2. The highest BCUT2D eigenvalue weighted by Crippen LogP contribution is 2.22. The van der Waals surface area contributed by atoms with Crippen LogP contribution in [0.1, 0.15) is 24.5 Å². The number of nitrogens with two attached hydrogens (primary N) is 1. The summed E-state index contributed by atoms with van der Waals surface area (Å²) < 4.78 is 13.2. The van der Waals surface area contributed by atoms with E-state index < -0.39 is 0 Å². The first-order valence-electron chi connectivity index (χ1n) is 6.55. The fraction of sp³-hybridized carbons (Fsp3) is 0.188. The highest BCUT2D eigenvalue weighted by atomic mass is 32.1. The third-order valence-corrected chi connectivity index (χ3v) is 3.24. The van der Waals surface area contributed by atoms with Gasteiger partial charge >= 0.3 is 0 Å². The minimum absolute atomic E-state index is 0.176. The summed E-state index contributed by atoms with van der Waals surface area (Å²) in [7, 11) is 0. The molecular weight excluding hydrogens is 271 g/mol. The SMILES string of the molecule is CCCc1ccc(Nc2ccc(F)cc2C(N)=S)cc1. The predicted molar refractivity (Wildman–Crippen MR) is 86.0 cm³/mol. The molecule has 0 unspecified atom stereocenters. The van der Waals surface area contributed by atoms with Crippen molar-refractivity contribution in [2.75, 3.05) is 5.32 Å². The van der Waals surface area contributed by atoms with Crippen molar-refractivity contribution in [1.29, 1.82) is 0 Å². The van der Waals surface area contributed by atoms with Gasteiger partial charge in [0.1, 0.15) is 10.8 Å². The van der Waals surface area contributed by atoms with Gasteiger partial charge in [-0.1, -0.05) is 37.7 Å². The van der Waals surface area contributed by atoms with Gasteiger partial charge in [-0.05, 0) is 42.3 Å². The van der Waals surface area contributed by atoms with Crippen molar-refractivity contribution in [2.24, 2.45) is 5.73 Å². The quantitative estimate of drug-likeness (QED) is 0.811. The number of benzene rings is 2. The lowest BCUT2D eigenvalue weighted by Gasteiger charge is -2.12. The number of anilines is 2. The molecule has 2 aromatic rings. The Morgan fingerprint density at radius 2 is 1.90 bits per heavy atom. The largest absolute Gasteiger partial charge is 0.389 e. The molecule has 0 fully saturated rings. The minimum atomic E-state index is -0.350. The van der Waals surface area contributed by atoms with Crippen LogP contribution in [0.5, 0.6) is 0 Å². The van der Waals surface area contributed by atoms with Crippen LogP contribution >= 0.6 is 12.2 Å². The first-order valence-corrected chi connectivity index (χ1v) is 6.96. The zero-order chi connectivity index (χ0) is 14.5. The van der Waals surface area contributed by atoms with Crippen LogP contribution in [0.3, 0.4) is 0 Å². The number of thiocarbonyl (C=S) groups is 1. The van der Waals surface area contributed by atoms with Gasteiger partial charge in [0, 0.05) is 16.9 Å². The monoisotopic (exact) mass is 288 g/mol. The van der Waals surface area contributed by atoms with Crippen LogP contribution in [0.2, 0.25) is 0 Å². The number of nitrogens with one attached hydrogen (secondary N) is 1. The Balaban J connectivity index is 2.23. The molecule has 0 saturated carbocycles. The van der Waals surface area contributed by atoms with Crippen molar-refractivity contribution in [3.63, 3.8) is 0 Å². The summed E-state index contributed by atoms with van der Waals surface area (Å²) in [5.41, 5.74) is 9.07. The molecule has 0 heterocycles. The topological polar surface area (TPSA) is 38.0 Å². The molecule has 0 saturated heterocycles. The fourth-order valence-corrected chi connectivity index (χ4v) is 2.20. The van der Waals surface area contributed by atoms with Gasteiger partial charge in [0.05, 0.1) is 0 Å². The van der Waals surface area contributed by atoms with Crippen LogP contribution in [0.15, 0.2) is 42.5 Å². The van der Waals surface area contributed by atoms with Gasteiger partial charge < -0.3 is 11.1 Å². The Kier molecular flexibility index (Phi) is 4.69. The zero-order valence-corrected chi connectivity index (χ0v) is 12.1. The van der Waals surface area contributed by atoms with E-state index in [0.29, 0.717) is 11.3 Å². The number of hydrogen-bond donors (Lipinski definition) is 2. The van der Waals surface area contributed by atoms with E-state index in [0.717, 1.165) is 18.5 Å². The summed E-state index contributed by atoms with van der Waals surface area (Å²) >= 11 is 4.95. The molecule has 20 heavy (non-hydrogen) atoms. The molecule has 0 bridgehead atoms. The zero-order valence-electron chi connectivity index (χ0n) is 11.3. The van der Waals surface area contributed by atoms with E-state index in [2.05, 4.69) is 24.4 Å². The van der Waals surface area contributed by atoms with Gasteiger partial charge in [-0.25, -0.2) is 4.39 Å². The molecular formula is C16H17FN2S. The van der Waals surface area contributed by atoms with Crippen molar-refractivity contribution >= 4 is 28.6 Å². The average Bonchev–Trinajstić information content (AvgIpc) is 2.43. The molecule has 2 rings (SSSR count). The summed E-state index contributed by atoms with van der Waals surface area (Å²) in [6.45, 7) is 2.15. The van der Waals surface area contributed by atoms with Crippen LogP contribution < -0.4 is 11.1 Å². The van der Waals surface area contributed by atoms with Crippen LogP contribution in [-0.2, 0) is 6.42 Å². The molecule has 0 aliphatic rings. The van der Waals surface area contributed by atoms with Crippen molar-refractivity contribution < 1.29 is 4.39 Å². The second kappa shape index (κ2) is 6.48. The highest BCUT2D eigenvalue weighted by molar-refractivity contribution is 7.80. The summed E-state index contributed by atoms with van der Waals surface area (Å²) in [6, 6.07) is 12.5. The Morgan fingerprint density at radius 3 is 2.50 bits per heavy atom. The number of aryl methyl sites for hydroxylation is 1. The summed E-state index contributed by atoms with van der Waals surface area (Å²) in [5, 5.41) is 3.22. The summed E-state index contributed by atoms with van der Waals surface area (Å²) in [5.74, 6) is -0.350. The molecule has 0 atom stereocenters. The molecule has 0 spiro atoms. The smallest absolute Gasteiger partial charge is 0.124 e. The van der Waals surface area contributed by atoms with Gasteiger partial charge in [-0.3, -0.25) is 0 Å². The van der Waals surface area contributed by atoms with Crippen molar-refractivity contribution in [2.45, 2.75) is 19.8 Å². The second-order valence-electron chi connectivity index (χ2n) is 4.63. The maximum Gasteiger partial charge on any atom is 0.124 e. The maximum absolute atomic E-state index is 13.2.